The molecule has 1 aliphatic heterocycles. The lowest BCUT2D eigenvalue weighted by Crippen LogP contribution is -2.37. The minimum Gasteiger partial charge on any atom is -0.481 e. The maximum Gasteiger partial charge on any atom is 0.311 e. The third-order valence-electron chi connectivity index (χ3n) is 5.20. The lowest BCUT2D eigenvalue weighted by atomic mass is 9.81. The molecule has 5 nitrogen and oxygen atoms in total. The summed E-state index contributed by atoms with van der Waals surface area (Å²) in [5.74, 6) is -0.607. The van der Waals surface area contributed by atoms with E-state index in [1.54, 1.807) is 0 Å². The number of nitrogens with one attached hydrogen (secondary N) is 1. The molecule has 1 amide bonds. The van der Waals surface area contributed by atoms with Crippen LogP contribution < -0.4 is 5.32 Å². The molecule has 2 aliphatic rings. The van der Waals surface area contributed by atoms with Gasteiger partial charge in [-0.3, -0.25) is 14.5 Å². The normalized spacial score (nSPS) is 27.0. The second-order valence-corrected chi connectivity index (χ2v) is 7.64. The molecule has 1 saturated heterocycles. The van der Waals surface area contributed by atoms with E-state index in [-0.39, 0.29) is 18.4 Å². The number of carbonyl (C=O) groups is 2. The Kier molecular flexibility index (Phi) is 4.47. The Balaban J connectivity index is 1.62. The number of aryl methyl sites for hydroxylation is 1. The van der Waals surface area contributed by atoms with Crippen LogP contribution in [0.15, 0.2) is 22.7 Å². The Bertz CT molecular complexity index is 649. The SMILES string of the molecule is Cc1cc(Br)ccc1NC(=O)CN1C[C@@H]2CCC[C@@]2(C(=O)O)C1. The highest BCUT2D eigenvalue weighted by atomic mass is 79.9. The van der Waals surface area contributed by atoms with Crippen LogP contribution in [0.5, 0.6) is 0 Å². The highest BCUT2D eigenvalue weighted by molar-refractivity contribution is 9.10. The molecule has 0 aromatic heterocycles. The number of rotatable bonds is 4. The molecular formula is C17H21BrN2O3. The van der Waals surface area contributed by atoms with Gasteiger partial charge in [-0.1, -0.05) is 22.4 Å². The summed E-state index contributed by atoms with van der Waals surface area (Å²) < 4.78 is 0.976. The molecule has 1 aliphatic carbocycles. The highest BCUT2D eigenvalue weighted by Crippen LogP contribution is 2.48. The monoisotopic (exact) mass is 380 g/mol. The molecule has 0 unspecified atom stereocenters. The highest BCUT2D eigenvalue weighted by Gasteiger charge is 2.54. The maximum atomic E-state index is 12.3. The number of carboxylic acids is 1. The number of fused-ring (bicyclic) bond motifs is 1. The Morgan fingerprint density at radius 3 is 2.91 bits per heavy atom. The fourth-order valence-corrected chi connectivity index (χ4v) is 4.50. The van der Waals surface area contributed by atoms with Gasteiger partial charge in [0.05, 0.1) is 12.0 Å². The zero-order valence-electron chi connectivity index (χ0n) is 13.1. The molecule has 124 valence electrons. The van der Waals surface area contributed by atoms with Crippen LogP contribution in [-0.2, 0) is 9.59 Å². The van der Waals surface area contributed by atoms with E-state index in [9.17, 15) is 14.7 Å². The largest absolute Gasteiger partial charge is 0.481 e. The van der Waals surface area contributed by atoms with Crippen LogP contribution in [0.3, 0.4) is 0 Å². The van der Waals surface area contributed by atoms with Gasteiger partial charge in [-0.25, -0.2) is 0 Å². The van der Waals surface area contributed by atoms with Gasteiger partial charge in [-0.2, -0.15) is 0 Å². The van der Waals surface area contributed by atoms with Crippen molar-refractivity contribution in [3.63, 3.8) is 0 Å². The summed E-state index contributed by atoms with van der Waals surface area (Å²) in [7, 11) is 0. The minimum absolute atomic E-state index is 0.0871. The van der Waals surface area contributed by atoms with Crippen LogP contribution in [0, 0.1) is 18.3 Å². The van der Waals surface area contributed by atoms with E-state index >= 15 is 0 Å². The summed E-state index contributed by atoms with van der Waals surface area (Å²) in [6, 6.07) is 5.71. The molecule has 1 saturated carbocycles. The summed E-state index contributed by atoms with van der Waals surface area (Å²) in [6.07, 6.45) is 2.67. The number of nitrogens with zero attached hydrogens (tertiary/aromatic N) is 1. The van der Waals surface area contributed by atoms with Crippen molar-refractivity contribution in [2.75, 3.05) is 25.0 Å². The summed E-state index contributed by atoms with van der Waals surface area (Å²) in [6.45, 7) is 3.39. The molecule has 6 heteroatoms. The average Bonchev–Trinajstić information content (AvgIpc) is 2.99. The Morgan fingerprint density at radius 2 is 2.26 bits per heavy atom. The van der Waals surface area contributed by atoms with Crippen molar-refractivity contribution >= 4 is 33.5 Å². The van der Waals surface area contributed by atoms with E-state index in [1.807, 2.05) is 30.0 Å². The van der Waals surface area contributed by atoms with Gasteiger partial charge in [0.15, 0.2) is 0 Å². The van der Waals surface area contributed by atoms with Gasteiger partial charge >= 0.3 is 5.97 Å². The average molecular weight is 381 g/mol. The number of aliphatic carboxylic acids is 1. The molecule has 1 heterocycles. The number of hydrogen-bond donors (Lipinski definition) is 2. The predicted octanol–water partition coefficient (Wildman–Crippen LogP) is 2.88. The van der Waals surface area contributed by atoms with E-state index in [1.165, 1.54) is 0 Å². The zero-order chi connectivity index (χ0) is 16.6. The van der Waals surface area contributed by atoms with Crippen molar-refractivity contribution in [3.8, 4) is 0 Å². The van der Waals surface area contributed by atoms with Crippen molar-refractivity contribution in [1.29, 1.82) is 0 Å². The lowest BCUT2D eigenvalue weighted by molar-refractivity contribution is -0.149. The van der Waals surface area contributed by atoms with Crippen LogP contribution in [0.25, 0.3) is 0 Å². The number of carbonyl (C=O) groups excluding carboxylic acids is 1. The molecule has 2 N–H and O–H groups in total. The molecule has 0 spiro atoms. The molecule has 1 aromatic carbocycles. The fraction of sp³-hybridized carbons (Fsp3) is 0.529. The first-order valence-corrected chi connectivity index (χ1v) is 8.72. The fourth-order valence-electron chi connectivity index (χ4n) is 4.02. The van der Waals surface area contributed by atoms with Crippen LogP contribution in [0.2, 0.25) is 0 Å². The van der Waals surface area contributed by atoms with Crippen LogP contribution in [0.4, 0.5) is 5.69 Å². The van der Waals surface area contributed by atoms with Crippen molar-refractivity contribution < 1.29 is 14.7 Å². The van der Waals surface area contributed by atoms with Gasteiger partial charge in [-0.05, 0) is 49.4 Å². The first kappa shape index (κ1) is 16.5. The molecule has 3 rings (SSSR count). The third kappa shape index (κ3) is 3.15. The second-order valence-electron chi connectivity index (χ2n) is 6.73. The number of halogens is 1. The number of amides is 1. The number of carboxylic acid groups (broad SMARTS) is 1. The van der Waals surface area contributed by atoms with Gasteiger partial charge < -0.3 is 10.4 Å². The summed E-state index contributed by atoms with van der Waals surface area (Å²) in [4.78, 5) is 25.9. The summed E-state index contributed by atoms with van der Waals surface area (Å²) >= 11 is 3.40. The van der Waals surface area contributed by atoms with Crippen LogP contribution in [-0.4, -0.2) is 41.5 Å². The third-order valence-corrected chi connectivity index (χ3v) is 5.69. The van der Waals surface area contributed by atoms with Gasteiger partial charge in [-0.15, -0.1) is 0 Å². The number of benzene rings is 1. The molecule has 0 radical (unpaired) electrons. The molecular weight excluding hydrogens is 360 g/mol. The first-order chi connectivity index (χ1) is 10.9. The van der Waals surface area contributed by atoms with Crippen molar-refractivity contribution in [3.05, 3.63) is 28.2 Å². The molecule has 2 atom stereocenters. The lowest BCUT2D eigenvalue weighted by Gasteiger charge is -2.23. The van der Waals surface area contributed by atoms with E-state index in [0.29, 0.717) is 13.1 Å². The van der Waals surface area contributed by atoms with Crippen molar-refractivity contribution in [1.82, 2.24) is 4.90 Å². The predicted molar refractivity (Wildman–Crippen MR) is 91.4 cm³/mol. The van der Waals surface area contributed by atoms with Gasteiger partial charge in [0.2, 0.25) is 5.91 Å². The smallest absolute Gasteiger partial charge is 0.311 e. The quantitative estimate of drug-likeness (QED) is 0.842. The number of hydrogen-bond acceptors (Lipinski definition) is 3. The zero-order valence-corrected chi connectivity index (χ0v) is 14.7. The van der Waals surface area contributed by atoms with Crippen LogP contribution in [0.1, 0.15) is 24.8 Å². The van der Waals surface area contributed by atoms with Crippen LogP contribution >= 0.6 is 15.9 Å². The van der Waals surface area contributed by atoms with E-state index in [4.69, 9.17) is 0 Å². The van der Waals surface area contributed by atoms with E-state index in [2.05, 4.69) is 21.2 Å². The Morgan fingerprint density at radius 1 is 1.48 bits per heavy atom. The maximum absolute atomic E-state index is 12.3. The summed E-state index contributed by atoms with van der Waals surface area (Å²) in [5.41, 5.74) is 1.16. The van der Waals surface area contributed by atoms with Crippen molar-refractivity contribution in [2.45, 2.75) is 26.2 Å². The first-order valence-electron chi connectivity index (χ1n) is 7.92. The second kappa shape index (κ2) is 6.24. The van der Waals surface area contributed by atoms with Gasteiger partial charge in [0, 0.05) is 23.2 Å². The summed E-state index contributed by atoms with van der Waals surface area (Å²) in [5, 5.41) is 12.5. The molecule has 1 aromatic rings. The van der Waals surface area contributed by atoms with E-state index in [0.717, 1.165) is 35.0 Å². The molecule has 23 heavy (non-hydrogen) atoms. The number of anilines is 1. The van der Waals surface area contributed by atoms with Crippen molar-refractivity contribution in [2.24, 2.45) is 11.3 Å². The van der Waals surface area contributed by atoms with Gasteiger partial charge in [0.25, 0.3) is 0 Å². The standard InChI is InChI=1S/C17H21BrN2O3/c1-11-7-13(18)4-5-14(11)19-15(21)9-20-8-12-3-2-6-17(12,10-20)16(22)23/h4-5,7,12H,2-3,6,8-10H2,1H3,(H,19,21)(H,22,23)/t12-,17+/m0/s1. The van der Waals surface area contributed by atoms with E-state index < -0.39 is 11.4 Å². The molecule has 2 fully saturated rings. The Hall–Kier alpha value is -1.40. The number of likely N-dealkylation sites (tertiary alicyclic amines) is 1. The minimum atomic E-state index is -0.702. The topological polar surface area (TPSA) is 69.6 Å². The Labute approximate surface area is 144 Å². The van der Waals surface area contributed by atoms with Gasteiger partial charge in [0.1, 0.15) is 0 Å². The molecule has 0 bridgehead atoms.